The maximum Gasteiger partial charge on any atom is 0.337 e. The smallest absolute Gasteiger partial charge is 0.337 e. The molecule has 1 aromatic heterocycles. The number of nitrogens with zero attached hydrogens (tertiary/aromatic N) is 3. The molecule has 0 spiro atoms. The van der Waals surface area contributed by atoms with Crippen LogP contribution in [0.3, 0.4) is 0 Å². The van der Waals surface area contributed by atoms with Gasteiger partial charge in [-0.25, -0.2) is 4.79 Å². The van der Waals surface area contributed by atoms with Crippen molar-refractivity contribution in [2.45, 2.75) is 79.6 Å². The van der Waals surface area contributed by atoms with Crippen molar-refractivity contribution in [2.75, 3.05) is 18.0 Å². The molecule has 0 unspecified atom stereocenters. The van der Waals surface area contributed by atoms with Crippen molar-refractivity contribution in [1.29, 1.82) is 5.26 Å². The second kappa shape index (κ2) is 11.9. The molecular weight excluding hydrogens is 514 g/mol. The van der Waals surface area contributed by atoms with Crippen LogP contribution in [-0.2, 0) is 16.1 Å². The van der Waals surface area contributed by atoms with E-state index >= 15 is 0 Å². The molecule has 216 valence electrons. The van der Waals surface area contributed by atoms with Crippen LogP contribution in [0.5, 0.6) is 5.75 Å². The minimum atomic E-state index is -1.15. The van der Waals surface area contributed by atoms with Crippen molar-refractivity contribution >= 4 is 11.7 Å². The molecule has 1 atom stereocenters. The summed E-state index contributed by atoms with van der Waals surface area (Å²) in [6, 6.07) is 17.4. The monoisotopic (exact) mass is 555 g/mol. The summed E-state index contributed by atoms with van der Waals surface area (Å²) < 4.78 is 12.2. The second-order valence-corrected chi connectivity index (χ2v) is 12.6. The van der Waals surface area contributed by atoms with Crippen LogP contribution in [0, 0.1) is 30.6 Å². The molecule has 2 heterocycles. The van der Waals surface area contributed by atoms with Crippen molar-refractivity contribution in [2.24, 2.45) is 5.41 Å². The topological polar surface area (TPSA) is 95.7 Å². The third-order valence-corrected chi connectivity index (χ3v) is 7.60. The van der Waals surface area contributed by atoms with Crippen LogP contribution in [0.4, 0.5) is 5.69 Å². The minimum absolute atomic E-state index is 0.232. The zero-order valence-electron chi connectivity index (χ0n) is 25.2. The Morgan fingerprint density at radius 3 is 2.20 bits per heavy atom. The normalized spacial score (nSPS) is 15.7. The van der Waals surface area contributed by atoms with Crippen molar-refractivity contribution in [3.8, 4) is 22.9 Å². The molecule has 0 saturated carbocycles. The summed E-state index contributed by atoms with van der Waals surface area (Å²) in [7, 11) is 0. The van der Waals surface area contributed by atoms with E-state index in [1.54, 1.807) is 12.1 Å². The summed E-state index contributed by atoms with van der Waals surface area (Å²) in [5.74, 6) is -0.304. The molecule has 1 aliphatic heterocycles. The summed E-state index contributed by atoms with van der Waals surface area (Å²) in [6.07, 6.45) is 0.861. The highest BCUT2D eigenvalue weighted by atomic mass is 16.5. The van der Waals surface area contributed by atoms with Gasteiger partial charge < -0.3 is 19.5 Å². The average molecular weight is 556 g/mol. The van der Waals surface area contributed by atoms with Gasteiger partial charge in [-0.3, -0.25) is 4.98 Å². The lowest BCUT2D eigenvalue weighted by Crippen LogP contribution is -2.39. The molecule has 0 aliphatic carbocycles. The van der Waals surface area contributed by atoms with E-state index in [-0.39, 0.29) is 5.41 Å². The van der Waals surface area contributed by atoms with Crippen LogP contribution < -0.4 is 9.64 Å². The number of nitriles is 1. The van der Waals surface area contributed by atoms with Crippen LogP contribution in [0.15, 0.2) is 48.5 Å². The standard InChI is InChI=1S/C34H41N3O4/c1-22-28(26-12-14-27(15-13-26)40-21-25-10-8-24(20-35)9-11-25)30(37-18-16-34(6,7)17-19-37)29(23(2)36-22)31(32(38)39)41-33(3,4)5/h8-15,31H,16-19,21H2,1-7H3,(H,38,39)/t31-/m0/s1. The van der Waals surface area contributed by atoms with E-state index < -0.39 is 17.7 Å². The fourth-order valence-electron chi connectivity index (χ4n) is 5.32. The highest BCUT2D eigenvalue weighted by molar-refractivity contribution is 5.88. The maximum atomic E-state index is 12.7. The van der Waals surface area contributed by atoms with E-state index in [1.165, 1.54) is 0 Å². The number of carboxylic acid groups (broad SMARTS) is 1. The number of rotatable bonds is 8. The lowest BCUT2D eigenvalue weighted by Gasteiger charge is -2.41. The molecule has 3 aromatic rings. The van der Waals surface area contributed by atoms with Crippen LogP contribution in [-0.4, -0.2) is 34.8 Å². The van der Waals surface area contributed by atoms with E-state index in [9.17, 15) is 9.90 Å². The number of piperidine rings is 1. The first-order valence-electron chi connectivity index (χ1n) is 14.2. The van der Waals surface area contributed by atoms with Gasteiger partial charge >= 0.3 is 5.97 Å². The van der Waals surface area contributed by atoms with Gasteiger partial charge in [-0.1, -0.05) is 38.1 Å². The highest BCUT2D eigenvalue weighted by Crippen LogP contribution is 2.45. The fraction of sp³-hybridized carbons (Fsp3) is 0.441. The molecule has 1 fully saturated rings. The van der Waals surface area contributed by atoms with Gasteiger partial charge in [0.05, 0.1) is 22.9 Å². The number of hydrogen-bond acceptors (Lipinski definition) is 6. The molecule has 2 aromatic carbocycles. The van der Waals surface area contributed by atoms with E-state index in [1.807, 2.05) is 71.0 Å². The lowest BCUT2D eigenvalue weighted by molar-refractivity contribution is -0.160. The van der Waals surface area contributed by atoms with Crippen LogP contribution in [0.1, 0.15) is 81.6 Å². The first-order valence-corrected chi connectivity index (χ1v) is 14.2. The lowest BCUT2D eigenvalue weighted by atomic mass is 9.82. The Kier molecular flexibility index (Phi) is 8.74. The third kappa shape index (κ3) is 7.25. The van der Waals surface area contributed by atoms with Gasteiger partial charge in [-0.05, 0) is 88.3 Å². The fourth-order valence-corrected chi connectivity index (χ4v) is 5.32. The number of hydrogen-bond donors (Lipinski definition) is 1. The third-order valence-electron chi connectivity index (χ3n) is 7.60. The predicted octanol–water partition coefficient (Wildman–Crippen LogP) is 7.38. The van der Waals surface area contributed by atoms with Gasteiger partial charge in [0.15, 0.2) is 6.10 Å². The molecule has 1 aliphatic rings. The van der Waals surface area contributed by atoms with Crippen molar-refractivity contribution in [3.05, 3.63) is 76.6 Å². The van der Waals surface area contributed by atoms with Gasteiger partial charge in [0, 0.05) is 35.6 Å². The minimum Gasteiger partial charge on any atom is -0.489 e. The SMILES string of the molecule is Cc1nc(C)c([C@H](OC(C)(C)C)C(=O)O)c(N2CCC(C)(C)CC2)c1-c1ccc(OCc2ccc(C#N)cc2)cc1. The summed E-state index contributed by atoms with van der Waals surface area (Å²) in [6.45, 7) is 16.1. The number of pyridine rings is 1. The summed E-state index contributed by atoms with van der Waals surface area (Å²) >= 11 is 0. The molecule has 7 nitrogen and oxygen atoms in total. The number of aromatic nitrogens is 1. The zero-order valence-corrected chi connectivity index (χ0v) is 25.2. The molecular formula is C34H41N3O4. The van der Waals surface area contributed by atoms with Crippen molar-refractivity contribution in [1.82, 2.24) is 4.98 Å². The second-order valence-electron chi connectivity index (χ2n) is 12.6. The van der Waals surface area contributed by atoms with Gasteiger partial charge in [0.25, 0.3) is 0 Å². The Balaban J connectivity index is 1.75. The van der Waals surface area contributed by atoms with Crippen LogP contribution in [0.2, 0.25) is 0 Å². The Morgan fingerprint density at radius 2 is 1.66 bits per heavy atom. The maximum absolute atomic E-state index is 12.7. The Labute approximate surface area is 243 Å². The van der Waals surface area contributed by atoms with Crippen molar-refractivity contribution in [3.63, 3.8) is 0 Å². The number of aryl methyl sites for hydroxylation is 2. The van der Waals surface area contributed by atoms with Crippen LogP contribution in [0.25, 0.3) is 11.1 Å². The number of carbonyl (C=O) groups is 1. The first-order chi connectivity index (χ1) is 19.3. The van der Waals surface area contributed by atoms with E-state index in [4.69, 9.17) is 19.7 Å². The number of benzene rings is 2. The number of carboxylic acids is 1. The molecule has 0 radical (unpaired) electrons. The van der Waals surface area contributed by atoms with E-state index in [0.29, 0.717) is 23.4 Å². The molecule has 1 saturated heterocycles. The van der Waals surface area contributed by atoms with Gasteiger partial charge in [0.1, 0.15) is 12.4 Å². The number of ether oxygens (including phenoxy) is 2. The van der Waals surface area contributed by atoms with Gasteiger partial charge in [-0.2, -0.15) is 5.26 Å². The Hall–Kier alpha value is -3.89. The van der Waals surface area contributed by atoms with Gasteiger partial charge in [-0.15, -0.1) is 0 Å². The summed E-state index contributed by atoms with van der Waals surface area (Å²) in [4.78, 5) is 19.9. The zero-order chi connectivity index (χ0) is 29.9. The predicted molar refractivity (Wildman–Crippen MR) is 161 cm³/mol. The molecule has 7 heteroatoms. The first kappa shape index (κ1) is 30.1. The molecule has 0 amide bonds. The quantitative estimate of drug-likeness (QED) is 0.310. The molecule has 1 N–H and O–H groups in total. The summed E-state index contributed by atoms with van der Waals surface area (Å²) in [5.41, 5.74) is 6.07. The number of aliphatic carboxylic acids is 1. The highest BCUT2D eigenvalue weighted by Gasteiger charge is 2.36. The Morgan fingerprint density at radius 1 is 1.05 bits per heavy atom. The molecule has 0 bridgehead atoms. The molecule has 41 heavy (non-hydrogen) atoms. The average Bonchev–Trinajstić information content (AvgIpc) is 2.91. The summed E-state index contributed by atoms with van der Waals surface area (Å²) in [5, 5.41) is 19.4. The van der Waals surface area contributed by atoms with E-state index in [0.717, 1.165) is 59.8 Å². The van der Waals surface area contributed by atoms with Crippen molar-refractivity contribution < 1.29 is 19.4 Å². The Bertz CT molecular complexity index is 1420. The van der Waals surface area contributed by atoms with E-state index in [2.05, 4.69) is 24.8 Å². The van der Waals surface area contributed by atoms with Gasteiger partial charge in [0.2, 0.25) is 0 Å². The number of anilines is 1. The largest absolute Gasteiger partial charge is 0.489 e. The van der Waals surface area contributed by atoms with Crippen LogP contribution >= 0.6 is 0 Å². The molecule has 4 rings (SSSR count).